The van der Waals surface area contributed by atoms with Gasteiger partial charge in [0.05, 0.1) is 27.7 Å². The van der Waals surface area contributed by atoms with Gasteiger partial charge in [-0.05, 0) is 48.5 Å². The van der Waals surface area contributed by atoms with Crippen LogP contribution in [-0.4, -0.2) is 58.3 Å². The average molecular weight is 573 g/mol. The number of nitrogens with one attached hydrogen (secondary N) is 2. The summed E-state index contributed by atoms with van der Waals surface area (Å²) in [5, 5.41) is 7.63. The van der Waals surface area contributed by atoms with Gasteiger partial charge in [0.25, 0.3) is 0 Å². The van der Waals surface area contributed by atoms with E-state index in [-0.39, 0.29) is 24.8 Å². The summed E-state index contributed by atoms with van der Waals surface area (Å²) in [5.41, 5.74) is 2.82. The molecular formula is C30H26F2N6O2S. The molecule has 5 aromatic rings. The Bertz CT molecular complexity index is 1820. The lowest BCUT2D eigenvalue weighted by molar-refractivity contribution is 0.0826. The van der Waals surface area contributed by atoms with Crippen LogP contribution in [0.2, 0.25) is 0 Å². The van der Waals surface area contributed by atoms with Crippen LogP contribution in [0.3, 0.4) is 0 Å². The number of carbonyl (C=O) groups excluding carboxylic acids is 1. The summed E-state index contributed by atoms with van der Waals surface area (Å²) in [6.07, 6.45) is 3.44. The molecule has 0 aliphatic carbocycles. The van der Waals surface area contributed by atoms with Crippen LogP contribution in [0.1, 0.15) is 16.9 Å². The molecule has 8 nitrogen and oxygen atoms in total. The number of benzene rings is 2. The van der Waals surface area contributed by atoms with Gasteiger partial charge in [-0.2, -0.15) is 0 Å². The highest BCUT2D eigenvalue weighted by Gasteiger charge is 2.26. The molecule has 0 saturated carbocycles. The zero-order chi connectivity index (χ0) is 28.5. The number of ether oxygens (including phenoxy) is 1. The molecule has 0 bridgehead atoms. The second-order valence-electron chi connectivity index (χ2n) is 9.99. The second-order valence-corrected chi connectivity index (χ2v) is 11.0. The van der Waals surface area contributed by atoms with E-state index in [9.17, 15) is 13.6 Å². The van der Waals surface area contributed by atoms with E-state index in [0.29, 0.717) is 24.3 Å². The monoisotopic (exact) mass is 572 g/mol. The number of hydrogen-bond acceptors (Lipinski definition) is 7. The van der Waals surface area contributed by atoms with E-state index in [1.165, 1.54) is 28.6 Å². The highest BCUT2D eigenvalue weighted by molar-refractivity contribution is 7.20. The van der Waals surface area contributed by atoms with Crippen molar-refractivity contribution < 1.29 is 18.3 Å². The number of aromatic nitrogens is 3. The maximum absolute atomic E-state index is 14.2. The van der Waals surface area contributed by atoms with E-state index < -0.39 is 11.6 Å². The predicted octanol–water partition coefficient (Wildman–Crippen LogP) is 5.50. The van der Waals surface area contributed by atoms with Crippen molar-refractivity contribution in [3.05, 3.63) is 83.1 Å². The molecule has 3 aromatic heterocycles. The normalized spacial score (nSPS) is 16.5. The van der Waals surface area contributed by atoms with Crippen LogP contribution < -0.4 is 10.6 Å². The summed E-state index contributed by atoms with van der Waals surface area (Å²) in [5.74, 6) is 6.23. The topological polar surface area (TPSA) is 84.3 Å². The molecule has 6 rings (SSSR count). The molecule has 2 N–H and O–H groups in total. The zero-order valence-corrected chi connectivity index (χ0v) is 23.1. The zero-order valence-electron chi connectivity index (χ0n) is 22.3. The van der Waals surface area contributed by atoms with Gasteiger partial charge in [-0.1, -0.05) is 11.8 Å². The fourth-order valence-electron chi connectivity index (χ4n) is 4.71. The van der Waals surface area contributed by atoms with Crippen LogP contribution in [-0.2, 0) is 11.3 Å². The van der Waals surface area contributed by atoms with Gasteiger partial charge in [0.15, 0.2) is 5.82 Å². The van der Waals surface area contributed by atoms with Crippen molar-refractivity contribution in [2.24, 2.45) is 0 Å². The first kappa shape index (κ1) is 26.7. The third-order valence-electron chi connectivity index (χ3n) is 6.79. The number of anilines is 2. The van der Waals surface area contributed by atoms with Gasteiger partial charge < -0.3 is 19.5 Å². The number of thiophene rings is 1. The minimum atomic E-state index is -0.463. The largest absolute Gasteiger partial charge is 0.445 e. The summed E-state index contributed by atoms with van der Waals surface area (Å²) >= 11 is 1.50. The number of carbonyl (C=O) groups is 1. The lowest BCUT2D eigenvalue weighted by Gasteiger charge is -2.15. The highest BCUT2D eigenvalue weighted by Crippen LogP contribution is 2.32. The number of hydrogen-bond donors (Lipinski definition) is 2. The van der Waals surface area contributed by atoms with Crippen LogP contribution in [0.25, 0.3) is 21.1 Å². The van der Waals surface area contributed by atoms with Crippen LogP contribution in [0.5, 0.6) is 0 Å². The molecule has 11 heteroatoms. The van der Waals surface area contributed by atoms with Crippen LogP contribution >= 0.6 is 11.3 Å². The van der Waals surface area contributed by atoms with Gasteiger partial charge in [0, 0.05) is 55.4 Å². The Morgan fingerprint density at radius 3 is 2.93 bits per heavy atom. The number of halogens is 2. The Morgan fingerprint density at radius 1 is 1.20 bits per heavy atom. The van der Waals surface area contributed by atoms with E-state index >= 15 is 0 Å². The molecule has 1 aliphatic rings. The van der Waals surface area contributed by atoms with Crippen molar-refractivity contribution in [2.45, 2.75) is 25.1 Å². The molecule has 0 radical (unpaired) electrons. The molecule has 0 unspecified atom stereocenters. The number of amides is 1. The molecule has 1 fully saturated rings. The summed E-state index contributed by atoms with van der Waals surface area (Å²) < 4.78 is 36.0. The van der Waals surface area contributed by atoms with E-state index in [4.69, 9.17) is 4.74 Å². The molecule has 1 saturated heterocycles. The average Bonchev–Trinajstić information content (AvgIpc) is 3.68. The van der Waals surface area contributed by atoms with Crippen molar-refractivity contribution in [3.8, 4) is 11.8 Å². The van der Waals surface area contributed by atoms with Crippen LogP contribution in [0.15, 0.2) is 61.1 Å². The van der Waals surface area contributed by atoms with E-state index in [1.807, 2.05) is 41.1 Å². The molecule has 2 aromatic carbocycles. The molecule has 0 spiro atoms. The molecule has 41 heavy (non-hydrogen) atoms. The van der Waals surface area contributed by atoms with Crippen LogP contribution in [0, 0.1) is 23.5 Å². The van der Waals surface area contributed by atoms with Gasteiger partial charge in [-0.15, -0.1) is 11.3 Å². The summed E-state index contributed by atoms with van der Waals surface area (Å²) in [6.45, 7) is 0.796. The Labute approximate surface area is 239 Å². The number of fused-ring (bicyclic) bond motifs is 2. The summed E-state index contributed by atoms with van der Waals surface area (Å²) in [6, 6.07) is 13.2. The standard InChI is InChI=1S/C30H26F2N6O2S/c1-37(2)30(39)40-23-13-21(33-15-23)4-6-24-14-26-28(41-24)29(35-17-34-26)36-22-5-8-27-18(12-22)9-10-38(27)16-19-11-20(31)3-7-25(19)32/h3,5,7-12,14,17,21,23,33H,13,15-16H2,1-2H3,(H,34,35,36)/t21-,23-/m1/s1. The maximum Gasteiger partial charge on any atom is 0.409 e. The Hall–Kier alpha value is -4.53. The van der Waals surface area contributed by atoms with Crippen molar-refractivity contribution in [1.82, 2.24) is 24.8 Å². The van der Waals surface area contributed by atoms with Crippen molar-refractivity contribution in [3.63, 3.8) is 0 Å². The summed E-state index contributed by atoms with van der Waals surface area (Å²) in [4.78, 5) is 22.9. The smallest absolute Gasteiger partial charge is 0.409 e. The van der Waals surface area contributed by atoms with Gasteiger partial charge in [0.2, 0.25) is 0 Å². The third kappa shape index (κ3) is 5.84. The van der Waals surface area contributed by atoms with Crippen molar-refractivity contribution >= 4 is 50.1 Å². The molecule has 2 atom stereocenters. The minimum Gasteiger partial charge on any atom is -0.445 e. The Kier molecular flexibility index (Phi) is 7.26. The van der Waals surface area contributed by atoms with E-state index in [2.05, 4.69) is 32.4 Å². The Balaban J connectivity index is 1.17. The number of nitrogens with zero attached hydrogens (tertiary/aromatic N) is 4. The Morgan fingerprint density at radius 2 is 2.07 bits per heavy atom. The fraction of sp³-hybridized carbons (Fsp3) is 0.233. The fourth-order valence-corrected chi connectivity index (χ4v) is 5.63. The number of rotatable bonds is 5. The predicted molar refractivity (Wildman–Crippen MR) is 155 cm³/mol. The van der Waals surface area contributed by atoms with Crippen molar-refractivity contribution in [1.29, 1.82) is 0 Å². The first-order valence-corrected chi connectivity index (χ1v) is 13.8. The van der Waals surface area contributed by atoms with Crippen LogP contribution in [0.4, 0.5) is 25.1 Å². The van der Waals surface area contributed by atoms with Gasteiger partial charge >= 0.3 is 6.09 Å². The van der Waals surface area contributed by atoms with Gasteiger partial charge in [0.1, 0.15) is 24.1 Å². The van der Waals surface area contributed by atoms with Gasteiger partial charge in [-0.3, -0.25) is 5.32 Å². The first-order chi connectivity index (χ1) is 19.8. The minimum absolute atomic E-state index is 0.0692. The second kappa shape index (κ2) is 11.2. The first-order valence-electron chi connectivity index (χ1n) is 13.0. The lowest BCUT2D eigenvalue weighted by atomic mass is 10.2. The molecule has 4 heterocycles. The molecule has 208 valence electrons. The molecule has 1 amide bonds. The quantitative estimate of drug-likeness (QED) is 0.271. The van der Waals surface area contributed by atoms with E-state index in [1.54, 1.807) is 14.1 Å². The molecule has 1 aliphatic heterocycles. The third-order valence-corrected chi connectivity index (χ3v) is 7.83. The van der Waals surface area contributed by atoms with Crippen molar-refractivity contribution in [2.75, 3.05) is 26.0 Å². The van der Waals surface area contributed by atoms with E-state index in [0.717, 1.165) is 43.8 Å². The lowest BCUT2D eigenvalue weighted by Crippen LogP contribution is -2.29. The SMILES string of the molecule is CN(C)C(=O)O[C@H]1CN[C@H](C#Cc2cc3ncnc(Nc4ccc5c(ccn5Cc5cc(F)ccc5F)c4)c3s2)C1. The molecular weight excluding hydrogens is 546 g/mol. The highest BCUT2D eigenvalue weighted by atomic mass is 32.1. The summed E-state index contributed by atoms with van der Waals surface area (Å²) in [7, 11) is 3.32. The maximum atomic E-state index is 14.2. The van der Waals surface area contributed by atoms with Gasteiger partial charge in [-0.25, -0.2) is 23.5 Å².